The maximum absolute atomic E-state index is 12.4. The van der Waals surface area contributed by atoms with E-state index in [2.05, 4.69) is 0 Å². The molecule has 0 bridgehead atoms. The zero-order valence-electron chi connectivity index (χ0n) is 11.7. The first kappa shape index (κ1) is 15.9. The number of nitrogens with one attached hydrogen (secondary N) is 1. The molecule has 0 aliphatic heterocycles. The van der Waals surface area contributed by atoms with Crippen molar-refractivity contribution in [3.05, 3.63) is 29.1 Å². The number of aromatic carboxylic acids is 1. The Morgan fingerprint density at radius 1 is 1.29 bits per heavy atom. The molecule has 0 radical (unpaired) electrons. The van der Waals surface area contributed by atoms with Gasteiger partial charge in [-0.2, -0.15) is 0 Å². The first-order valence-corrected chi connectivity index (χ1v) is 8.36. The molecule has 2 rings (SSSR count). The van der Waals surface area contributed by atoms with Crippen LogP contribution in [0.25, 0.3) is 10.1 Å². The van der Waals surface area contributed by atoms with E-state index >= 15 is 0 Å². The summed E-state index contributed by atoms with van der Waals surface area (Å²) in [5, 5.41) is 9.60. The normalized spacial score (nSPS) is 12.7. The van der Waals surface area contributed by atoms with Crippen LogP contribution in [0.4, 0.5) is 0 Å². The molecule has 0 amide bonds. The van der Waals surface area contributed by atoms with E-state index in [9.17, 15) is 18.3 Å². The molecule has 8 heteroatoms. The van der Waals surface area contributed by atoms with Gasteiger partial charge in [-0.25, -0.2) is 13.2 Å². The summed E-state index contributed by atoms with van der Waals surface area (Å²) in [6.07, 6.45) is 0. The molecule has 6 nitrogen and oxygen atoms in total. The number of hydrogen-bond acceptors (Lipinski definition) is 5. The summed E-state index contributed by atoms with van der Waals surface area (Å²) < 4.78 is 25.4. The zero-order valence-corrected chi connectivity index (χ0v) is 13.3. The fraction of sp³-hybridized carbons (Fsp3) is 0.308. The van der Waals surface area contributed by atoms with Crippen molar-refractivity contribution in [2.75, 3.05) is 0 Å². The molecule has 0 fully saturated rings. The van der Waals surface area contributed by atoms with Gasteiger partial charge in [0.1, 0.15) is 9.77 Å². The van der Waals surface area contributed by atoms with Crippen LogP contribution in [0.3, 0.4) is 0 Å². The molecule has 1 heterocycles. The highest BCUT2D eigenvalue weighted by Gasteiger charge is 2.29. The molecule has 0 atom stereocenters. The van der Waals surface area contributed by atoms with Crippen LogP contribution in [-0.4, -0.2) is 25.1 Å². The average Bonchev–Trinajstić information content (AvgIpc) is 2.76. The van der Waals surface area contributed by atoms with Gasteiger partial charge in [-0.1, -0.05) is 23.1 Å². The van der Waals surface area contributed by atoms with Gasteiger partial charge in [0, 0.05) is 10.1 Å². The maximum Gasteiger partial charge on any atom is 0.347 e. The minimum Gasteiger partial charge on any atom is -0.477 e. The third-order valence-electron chi connectivity index (χ3n) is 2.47. The molecule has 0 saturated heterocycles. The van der Waals surface area contributed by atoms with Crippen LogP contribution in [0, 0.1) is 0 Å². The number of fused-ring (bicyclic) bond motifs is 1. The maximum atomic E-state index is 12.4. The Labute approximate surface area is 126 Å². The van der Waals surface area contributed by atoms with Crippen molar-refractivity contribution in [2.24, 2.45) is 0 Å². The number of carbonyl (C=O) groups is 1. The second-order valence-electron chi connectivity index (χ2n) is 5.36. The van der Waals surface area contributed by atoms with Crippen LogP contribution in [0.5, 0.6) is 0 Å². The Morgan fingerprint density at radius 2 is 1.90 bits per heavy atom. The number of rotatable bonds is 4. The molecule has 0 aliphatic rings. The van der Waals surface area contributed by atoms with E-state index in [-0.39, 0.29) is 9.77 Å². The number of carboxylic acids is 1. The second kappa shape index (κ2) is 5.38. The topological polar surface area (TPSA) is 92.7 Å². The second-order valence-corrected chi connectivity index (χ2v) is 8.00. The van der Waals surface area contributed by atoms with Crippen LogP contribution in [0.2, 0.25) is 0 Å². The summed E-state index contributed by atoms with van der Waals surface area (Å²) in [5.74, 6) is -1.28. The van der Waals surface area contributed by atoms with Crippen LogP contribution < -0.4 is 4.89 Å². The van der Waals surface area contributed by atoms with Gasteiger partial charge in [0.2, 0.25) is 0 Å². The van der Waals surface area contributed by atoms with Gasteiger partial charge in [-0.3, -0.25) is 4.84 Å². The van der Waals surface area contributed by atoms with E-state index in [0.717, 1.165) is 11.3 Å². The summed E-state index contributed by atoms with van der Waals surface area (Å²) in [4.78, 5) is 17.9. The molecular formula is C13H15NO5S2. The fourth-order valence-corrected chi connectivity index (χ4v) is 4.35. The molecule has 2 aromatic rings. The first-order valence-electron chi connectivity index (χ1n) is 6.06. The predicted molar refractivity (Wildman–Crippen MR) is 79.9 cm³/mol. The third-order valence-corrected chi connectivity index (χ3v) is 5.02. The first-order chi connectivity index (χ1) is 9.62. The highest BCUT2D eigenvalue weighted by atomic mass is 32.2. The molecule has 0 aliphatic carbocycles. The van der Waals surface area contributed by atoms with Gasteiger partial charge in [-0.05, 0) is 26.8 Å². The van der Waals surface area contributed by atoms with Crippen LogP contribution in [0.15, 0.2) is 29.2 Å². The smallest absolute Gasteiger partial charge is 0.347 e. The Bertz CT molecular complexity index is 786. The Kier molecular flexibility index (Phi) is 4.07. The zero-order chi connectivity index (χ0) is 15.8. The van der Waals surface area contributed by atoms with E-state index in [0.29, 0.717) is 10.1 Å². The molecule has 1 aromatic heterocycles. The van der Waals surface area contributed by atoms with E-state index in [1.165, 1.54) is 0 Å². The lowest BCUT2D eigenvalue weighted by atomic mass is 10.2. The summed E-state index contributed by atoms with van der Waals surface area (Å²) >= 11 is 0.918. The van der Waals surface area contributed by atoms with Crippen LogP contribution >= 0.6 is 11.3 Å². The van der Waals surface area contributed by atoms with Crippen molar-refractivity contribution >= 4 is 37.4 Å². The molecule has 0 unspecified atom stereocenters. The molecule has 0 spiro atoms. The van der Waals surface area contributed by atoms with Crippen molar-refractivity contribution in [2.45, 2.75) is 31.3 Å². The number of carboxylic acid groups (broad SMARTS) is 1. The SMILES string of the molecule is CC(C)(C)ONS(=O)(=O)c1c(C(=O)O)sc2ccccc12. The van der Waals surface area contributed by atoms with E-state index in [1.807, 2.05) is 4.89 Å². The third kappa shape index (κ3) is 3.41. The Balaban J connectivity index is 2.58. The lowest BCUT2D eigenvalue weighted by Gasteiger charge is -2.19. The molecule has 0 saturated carbocycles. The van der Waals surface area contributed by atoms with Crippen molar-refractivity contribution in [3.8, 4) is 0 Å². The van der Waals surface area contributed by atoms with Crippen molar-refractivity contribution in [1.82, 2.24) is 4.89 Å². The fourth-order valence-electron chi connectivity index (χ4n) is 1.65. The average molecular weight is 329 g/mol. The van der Waals surface area contributed by atoms with Gasteiger partial charge in [0.05, 0.1) is 5.60 Å². The lowest BCUT2D eigenvalue weighted by molar-refractivity contribution is -0.0357. The number of thiophene rings is 1. The van der Waals surface area contributed by atoms with Crippen molar-refractivity contribution in [3.63, 3.8) is 0 Å². The minimum absolute atomic E-state index is 0.235. The van der Waals surface area contributed by atoms with E-state index in [4.69, 9.17) is 4.84 Å². The molecule has 2 N–H and O–H groups in total. The van der Waals surface area contributed by atoms with Gasteiger partial charge in [0.15, 0.2) is 0 Å². The highest BCUT2D eigenvalue weighted by molar-refractivity contribution is 7.89. The molecular weight excluding hydrogens is 314 g/mol. The predicted octanol–water partition coefficient (Wildman–Crippen LogP) is 2.61. The Hall–Kier alpha value is -1.48. The summed E-state index contributed by atoms with van der Waals surface area (Å²) in [7, 11) is -4.10. The molecule has 21 heavy (non-hydrogen) atoms. The van der Waals surface area contributed by atoms with Crippen molar-refractivity contribution < 1.29 is 23.2 Å². The summed E-state index contributed by atoms with van der Waals surface area (Å²) in [6.45, 7) is 5.04. The lowest BCUT2D eigenvalue weighted by Crippen LogP contribution is -2.34. The number of benzene rings is 1. The largest absolute Gasteiger partial charge is 0.477 e. The van der Waals surface area contributed by atoms with Crippen LogP contribution in [-0.2, 0) is 14.9 Å². The van der Waals surface area contributed by atoms with E-state index in [1.54, 1.807) is 45.0 Å². The van der Waals surface area contributed by atoms with Crippen LogP contribution in [0.1, 0.15) is 30.4 Å². The molecule has 1 aromatic carbocycles. The molecule has 114 valence electrons. The number of sulfonamides is 1. The monoisotopic (exact) mass is 329 g/mol. The van der Waals surface area contributed by atoms with Gasteiger partial charge in [0.25, 0.3) is 10.0 Å². The van der Waals surface area contributed by atoms with Crippen molar-refractivity contribution in [1.29, 1.82) is 0 Å². The summed E-state index contributed by atoms with van der Waals surface area (Å²) in [5.41, 5.74) is -0.734. The van der Waals surface area contributed by atoms with Gasteiger partial charge < -0.3 is 5.11 Å². The van der Waals surface area contributed by atoms with Gasteiger partial charge >= 0.3 is 5.97 Å². The summed E-state index contributed by atoms with van der Waals surface area (Å²) in [6, 6.07) is 6.63. The highest BCUT2D eigenvalue weighted by Crippen LogP contribution is 2.34. The Morgan fingerprint density at radius 3 is 2.48 bits per heavy atom. The number of hydrogen-bond donors (Lipinski definition) is 2. The minimum atomic E-state index is -4.10. The van der Waals surface area contributed by atoms with E-state index < -0.39 is 21.6 Å². The quantitative estimate of drug-likeness (QED) is 0.841. The van der Waals surface area contributed by atoms with Gasteiger partial charge in [-0.15, -0.1) is 11.3 Å². The standard InChI is InChI=1S/C13H15NO5S2/c1-13(2,3)19-14-21(17,18)11-8-6-4-5-7-9(8)20-10(11)12(15)16/h4-7,14H,1-3H3,(H,15,16).